The van der Waals surface area contributed by atoms with Crippen molar-refractivity contribution in [1.82, 2.24) is 4.31 Å². The Hall–Kier alpha value is -2.43. The van der Waals surface area contributed by atoms with E-state index in [9.17, 15) is 17.6 Å². The van der Waals surface area contributed by atoms with Gasteiger partial charge < -0.3 is 19.4 Å². The van der Waals surface area contributed by atoms with E-state index in [1.807, 2.05) is 4.90 Å². The highest BCUT2D eigenvalue weighted by Crippen LogP contribution is 2.28. The lowest BCUT2D eigenvalue weighted by Gasteiger charge is -2.29. The van der Waals surface area contributed by atoms with Gasteiger partial charge in [-0.1, -0.05) is 0 Å². The van der Waals surface area contributed by atoms with Crippen LogP contribution in [0.2, 0.25) is 0 Å². The van der Waals surface area contributed by atoms with Crippen molar-refractivity contribution in [2.75, 3.05) is 49.6 Å². The molecule has 1 N–H and O–H groups in total. The van der Waals surface area contributed by atoms with E-state index in [-0.39, 0.29) is 22.1 Å². The number of aryl methyl sites for hydroxylation is 1. The van der Waals surface area contributed by atoms with Crippen LogP contribution in [0.15, 0.2) is 33.6 Å². The standard InChI is InChI=1S/C20H24FN3O5S/c1-14-19(30(26,27)24-6-2-3-7-24)13-18(29-14)20(25)22-15-4-5-17(16(21)12-15)23-8-10-28-11-9-23/h4-5,12-13H,2-3,6-11H2,1H3,(H,22,25). The van der Waals surface area contributed by atoms with Crippen LogP contribution in [0.5, 0.6) is 0 Å². The molecule has 0 saturated carbocycles. The van der Waals surface area contributed by atoms with Gasteiger partial charge in [0.1, 0.15) is 16.5 Å². The minimum atomic E-state index is -3.70. The predicted molar refractivity (Wildman–Crippen MR) is 109 cm³/mol. The predicted octanol–water partition coefficient (Wildman–Crippen LogP) is 2.60. The van der Waals surface area contributed by atoms with Gasteiger partial charge in [-0.3, -0.25) is 4.79 Å². The van der Waals surface area contributed by atoms with Crippen molar-refractivity contribution in [2.24, 2.45) is 0 Å². The Labute approximate surface area is 174 Å². The first-order valence-corrected chi connectivity index (χ1v) is 11.3. The molecule has 2 fully saturated rings. The molecule has 1 aromatic carbocycles. The van der Waals surface area contributed by atoms with E-state index in [1.54, 1.807) is 12.1 Å². The van der Waals surface area contributed by atoms with E-state index >= 15 is 0 Å². The Kier molecular flexibility index (Phi) is 5.81. The quantitative estimate of drug-likeness (QED) is 0.773. The largest absolute Gasteiger partial charge is 0.455 e. The second kappa shape index (κ2) is 8.37. The number of hydrogen-bond acceptors (Lipinski definition) is 6. The van der Waals surface area contributed by atoms with Crippen LogP contribution in [0, 0.1) is 12.7 Å². The Morgan fingerprint density at radius 2 is 1.80 bits per heavy atom. The number of nitrogens with zero attached hydrogens (tertiary/aromatic N) is 2. The van der Waals surface area contributed by atoms with Crippen molar-refractivity contribution in [1.29, 1.82) is 0 Å². The molecule has 2 aromatic rings. The molecule has 1 aromatic heterocycles. The van der Waals surface area contributed by atoms with Crippen molar-refractivity contribution in [3.63, 3.8) is 0 Å². The smallest absolute Gasteiger partial charge is 0.291 e. The molecule has 0 spiro atoms. The van der Waals surface area contributed by atoms with Crippen LogP contribution >= 0.6 is 0 Å². The zero-order chi connectivity index (χ0) is 21.3. The molecule has 2 aliphatic rings. The van der Waals surface area contributed by atoms with E-state index in [0.29, 0.717) is 45.1 Å². The average molecular weight is 437 g/mol. The number of furan rings is 1. The van der Waals surface area contributed by atoms with Crippen LogP contribution in [-0.4, -0.2) is 58.0 Å². The van der Waals surface area contributed by atoms with Crippen molar-refractivity contribution in [3.8, 4) is 0 Å². The summed E-state index contributed by atoms with van der Waals surface area (Å²) < 4.78 is 52.1. The molecule has 0 radical (unpaired) electrons. The van der Waals surface area contributed by atoms with E-state index in [2.05, 4.69) is 5.32 Å². The fraction of sp³-hybridized carbons (Fsp3) is 0.450. The molecule has 2 saturated heterocycles. The zero-order valence-electron chi connectivity index (χ0n) is 16.7. The molecule has 2 aliphatic heterocycles. The third-order valence-corrected chi connectivity index (χ3v) is 7.34. The summed E-state index contributed by atoms with van der Waals surface area (Å²) in [5, 5.41) is 2.57. The number of rotatable bonds is 5. The number of nitrogens with one attached hydrogen (secondary N) is 1. The fourth-order valence-corrected chi connectivity index (χ4v) is 5.42. The maximum atomic E-state index is 14.5. The van der Waals surface area contributed by atoms with Crippen LogP contribution in [-0.2, 0) is 14.8 Å². The van der Waals surface area contributed by atoms with Crippen molar-refractivity contribution < 1.29 is 26.8 Å². The Balaban J connectivity index is 1.50. The number of sulfonamides is 1. The van der Waals surface area contributed by atoms with Crippen molar-refractivity contribution in [3.05, 3.63) is 41.6 Å². The molecular formula is C20H24FN3O5S. The van der Waals surface area contributed by atoms with E-state index in [0.717, 1.165) is 12.8 Å². The second-order valence-corrected chi connectivity index (χ2v) is 9.27. The summed E-state index contributed by atoms with van der Waals surface area (Å²) in [6, 6.07) is 5.67. The molecule has 3 heterocycles. The Morgan fingerprint density at radius 3 is 2.47 bits per heavy atom. The molecule has 4 rings (SSSR count). The summed E-state index contributed by atoms with van der Waals surface area (Å²) in [7, 11) is -3.70. The summed E-state index contributed by atoms with van der Waals surface area (Å²) >= 11 is 0. The first-order valence-electron chi connectivity index (χ1n) is 9.90. The van der Waals surface area contributed by atoms with Gasteiger partial charge >= 0.3 is 0 Å². The van der Waals surface area contributed by atoms with Crippen LogP contribution in [0.1, 0.15) is 29.2 Å². The highest BCUT2D eigenvalue weighted by Gasteiger charge is 2.31. The highest BCUT2D eigenvalue weighted by molar-refractivity contribution is 7.89. The SMILES string of the molecule is Cc1oc(C(=O)Nc2ccc(N3CCOCC3)c(F)c2)cc1S(=O)(=O)N1CCCC1. The number of carbonyl (C=O) groups is 1. The lowest BCUT2D eigenvalue weighted by atomic mass is 10.2. The number of halogens is 1. The summed E-state index contributed by atoms with van der Waals surface area (Å²) in [4.78, 5) is 14.4. The number of hydrogen-bond donors (Lipinski definition) is 1. The number of morpholine rings is 1. The topological polar surface area (TPSA) is 92.1 Å². The number of ether oxygens (including phenoxy) is 1. The number of carbonyl (C=O) groups excluding carboxylic acids is 1. The third kappa shape index (κ3) is 4.07. The summed E-state index contributed by atoms with van der Waals surface area (Å²) in [6.45, 7) is 4.71. The molecule has 8 nitrogen and oxygen atoms in total. The first kappa shape index (κ1) is 20.8. The van der Waals surface area contributed by atoms with Gasteiger partial charge in [0.05, 0.1) is 18.9 Å². The minimum absolute atomic E-state index is 0.0107. The molecular weight excluding hydrogens is 413 g/mol. The number of anilines is 2. The van der Waals surface area contributed by atoms with Crippen molar-refractivity contribution >= 4 is 27.3 Å². The third-order valence-electron chi connectivity index (χ3n) is 5.34. The van der Waals surface area contributed by atoms with Gasteiger partial charge in [0.15, 0.2) is 5.76 Å². The van der Waals surface area contributed by atoms with Crippen LogP contribution < -0.4 is 10.2 Å². The maximum Gasteiger partial charge on any atom is 0.291 e. The lowest BCUT2D eigenvalue weighted by Crippen LogP contribution is -2.36. The molecule has 10 heteroatoms. The lowest BCUT2D eigenvalue weighted by molar-refractivity contribution is 0.0995. The number of benzene rings is 1. The molecule has 0 unspecified atom stereocenters. The van der Waals surface area contributed by atoms with E-state index < -0.39 is 21.7 Å². The molecule has 0 bridgehead atoms. The fourth-order valence-electron chi connectivity index (χ4n) is 3.74. The van der Waals surface area contributed by atoms with Crippen LogP contribution in [0.25, 0.3) is 0 Å². The average Bonchev–Trinajstić information content (AvgIpc) is 3.39. The minimum Gasteiger partial charge on any atom is -0.455 e. The van der Waals surface area contributed by atoms with Gasteiger partial charge in [-0.15, -0.1) is 0 Å². The Bertz CT molecular complexity index is 1040. The van der Waals surface area contributed by atoms with Crippen LogP contribution in [0.4, 0.5) is 15.8 Å². The monoisotopic (exact) mass is 437 g/mol. The van der Waals surface area contributed by atoms with Gasteiger partial charge in [0, 0.05) is 37.9 Å². The molecule has 162 valence electrons. The zero-order valence-corrected chi connectivity index (χ0v) is 17.5. The van der Waals surface area contributed by atoms with Gasteiger partial charge in [-0.25, -0.2) is 12.8 Å². The highest BCUT2D eigenvalue weighted by atomic mass is 32.2. The van der Waals surface area contributed by atoms with Gasteiger partial charge in [0.25, 0.3) is 5.91 Å². The summed E-state index contributed by atoms with van der Waals surface area (Å²) in [6.07, 6.45) is 1.63. The summed E-state index contributed by atoms with van der Waals surface area (Å²) in [5.74, 6) is -1.08. The van der Waals surface area contributed by atoms with E-state index in [4.69, 9.17) is 9.15 Å². The second-order valence-electron chi connectivity index (χ2n) is 7.36. The molecule has 0 aliphatic carbocycles. The van der Waals surface area contributed by atoms with E-state index in [1.165, 1.54) is 23.4 Å². The number of amides is 1. The normalized spacial score (nSPS) is 18.0. The Morgan fingerprint density at radius 1 is 1.10 bits per heavy atom. The molecule has 1 amide bonds. The molecule has 0 atom stereocenters. The van der Waals surface area contributed by atoms with Gasteiger partial charge in [-0.2, -0.15) is 4.31 Å². The van der Waals surface area contributed by atoms with Gasteiger partial charge in [-0.05, 0) is 38.0 Å². The van der Waals surface area contributed by atoms with Gasteiger partial charge in [0.2, 0.25) is 10.0 Å². The van der Waals surface area contributed by atoms with Crippen molar-refractivity contribution in [2.45, 2.75) is 24.7 Å². The van der Waals surface area contributed by atoms with Crippen LogP contribution in [0.3, 0.4) is 0 Å². The first-order chi connectivity index (χ1) is 14.4. The summed E-state index contributed by atoms with van der Waals surface area (Å²) in [5.41, 5.74) is 0.705. The molecule has 30 heavy (non-hydrogen) atoms. The maximum absolute atomic E-state index is 14.5.